The summed E-state index contributed by atoms with van der Waals surface area (Å²) in [6, 6.07) is 2.48. The van der Waals surface area contributed by atoms with E-state index < -0.39 is 12.4 Å². The zero-order chi connectivity index (χ0) is 12.4. The number of aromatic nitrogens is 2. The molecule has 0 aliphatic heterocycles. The van der Waals surface area contributed by atoms with E-state index in [2.05, 4.69) is 9.97 Å². The molecule has 0 fully saturated rings. The van der Waals surface area contributed by atoms with Crippen molar-refractivity contribution in [3.05, 3.63) is 47.3 Å². The molecule has 6 heteroatoms. The molecule has 2 aromatic rings. The van der Waals surface area contributed by atoms with Gasteiger partial charge in [-0.25, -0.2) is 13.8 Å². The highest BCUT2D eigenvalue weighted by Gasteiger charge is 2.12. The van der Waals surface area contributed by atoms with E-state index in [4.69, 9.17) is 11.6 Å². The molecule has 0 unspecified atom stereocenters. The molecule has 17 heavy (non-hydrogen) atoms. The number of rotatable bonds is 2. The molecule has 0 bridgehead atoms. The summed E-state index contributed by atoms with van der Waals surface area (Å²) >= 11 is 5.67. The van der Waals surface area contributed by atoms with Gasteiger partial charge in [0.2, 0.25) is 5.95 Å². The van der Waals surface area contributed by atoms with Crippen molar-refractivity contribution < 1.29 is 13.2 Å². The minimum atomic E-state index is -2.65. The highest BCUT2D eigenvalue weighted by molar-refractivity contribution is 6.30. The summed E-state index contributed by atoms with van der Waals surface area (Å²) in [5, 5.41) is 0.226. The molecule has 2 aromatic heterocycles. The number of hydrogen-bond donors (Lipinski definition) is 0. The molecule has 0 aliphatic carbocycles. The average molecular weight is 259 g/mol. The first-order valence-corrected chi connectivity index (χ1v) is 5.00. The lowest BCUT2D eigenvalue weighted by Gasteiger charge is -2.05. The Labute approximate surface area is 100 Å². The third-order valence-electron chi connectivity index (χ3n) is 2.13. The van der Waals surface area contributed by atoms with Crippen molar-refractivity contribution in [3.63, 3.8) is 0 Å². The summed E-state index contributed by atoms with van der Waals surface area (Å²) in [7, 11) is 0. The Morgan fingerprint density at radius 2 is 1.88 bits per heavy atom. The molecule has 2 rings (SSSR count). The summed E-state index contributed by atoms with van der Waals surface area (Å²) < 4.78 is 38.3. The van der Waals surface area contributed by atoms with Crippen LogP contribution in [0.1, 0.15) is 12.0 Å². The lowest BCUT2D eigenvalue weighted by Crippen LogP contribution is -1.92. The summed E-state index contributed by atoms with van der Waals surface area (Å²) in [4.78, 5) is 7.05. The first kappa shape index (κ1) is 11.9. The molecule has 2 nitrogen and oxygen atoms in total. The van der Waals surface area contributed by atoms with Gasteiger partial charge in [-0.1, -0.05) is 11.6 Å². The fourth-order valence-electron chi connectivity index (χ4n) is 1.35. The van der Waals surface area contributed by atoms with E-state index in [-0.39, 0.29) is 21.7 Å². The third-order valence-corrected chi connectivity index (χ3v) is 2.33. The molecule has 0 atom stereocenters. The maximum atomic E-state index is 13.4. The van der Waals surface area contributed by atoms with Gasteiger partial charge in [-0.15, -0.1) is 0 Å². The van der Waals surface area contributed by atoms with Gasteiger partial charge in [0.15, 0.2) is 0 Å². The molecule has 0 spiro atoms. The summed E-state index contributed by atoms with van der Waals surface area (Å²) in [6.45, 7) is 0. The van der Waals surface area contributed by atoms with Gasteiger partial charge in [0.1, 0.15) is 0 Å². The van der Waals surface area contributed by atoms with Crippen LogP contribution in [0.3, 0.4) is 0 Å². The van der Waals surface area contributed by atoms with Crippen LogP contribution < -0.4 is 0 Å². The van der Waals surface area contributed by atoms with Crippen LogP contribution in [0, 0.1) is 5.95 Å². The Morgan fingerprint density at radius 3 is 2.59 bits per heavy atom. The van der Waals surface area contributed by atoms with Gasteiger partial charge in [-0.3, -0.25) is 4.98 Å². The van der Waals surface area contributed by atoms with Crippen LogP contribution in [0.15, 0.2) is 30.7 Å². The van der Waals surface area contributed by atoms with Gasteiger partial charge in [-0.2, -0.15) is 4.39 Å². The van der Waals surface area contributed by atoms with Crippen molar-refractivity contribution in [2.45, 2.75) is 6.43 Å². The fraction of sp³-hybridized carbons (Fsp3) is 0.0909. The van der Waals surface area contributed by atoms with Gasteiger partial charge >= 0.3 is 0 Å². The van der Waals surface area contributed by atoms with E-state index in [1.165, 1.54) is 12.3 Å². The maximum absolute atomic E-state index is 13.4. The monoisotopic (exact) mass is 258 g/mol. The number of alkyl halides is 2. The van der Waals surface area contributed by atoms with Crippen molar-refractivity contribution in [1.82, 2.24) is 9.97 Å². The molecule has 0 saturated carbocycles. The van der Waals surface area contributed by atoms with Gasteiger partial charge < -0.3 is 0 Å². The lowest BCUT2D eigenvalue weighted by molar-refractivity contribution is 0.151. The second-order valence-electron chi connectivity index (χ2n) is 3.30. The topological polar surface area (TPSA) is 25.8 Å². The van der Waals surface area contributed by atoms with Crippen molar-refractivity contribution in [2.24, 2.45) is 0 Å². The van der Waals surface area contributed by atoms with Crippen LogP contribution in [-0.2, 0) is 0 Å². The zero-order valence-corrected chi connectivity index (χ0v) is 9.13. The molecule has 0 saturated heterocycles. The predicted octanol–water partition coefficient (Wildman–Crippen LogP) is 3.87. The predicted molar refractivity (Wildman–Crippen MR) is 57.4 cm³/mol. The van der Waals surface area contributed by atoms with Crippen molar-refractivity contribution in [1.29, 1.82) is 0 Å². The Morgan fingerprint density at radius 1 is 1.12 bits per heavy atom. The smallest absolute Gasteiger partial charge is 0.264 e. The van der Waals surface area contributed by atoms with Crippen LogP contribution in [0.2, 0.25) is 5.02 Å². The van der Waals surface area contributed by atoms with Crippen LogP contribution >= 0.6 is 11.6 Å². The van der Waals surface area contributed by atoms with Gasteiger partial charge in [0.05, 0.1) is 5.02 Å². The first-order chi connectivity index (χ1) is 8.08. The number of halogens is 4. The summed E-state index contributed by atoms with van der Waals surface area (Å²) in [5.41, 5.74) is -0.00956. The molecule has 0 aromatic carbocycles. The van der Waals surface area contributed by atoms with Gasteiger partial charge in [0, 0.05) is 35.3 Å². The average Bonchev–Trinajstić information content (AvgIpc) is 2.32. The zero-order valence-electron chi connectivity index (χ0n) is 8.37. The second-order valence-corrected chi connectivity index (χ2v) is 3.74. The Balaban J connectivity index is 2.52. The normalized spacial score (nSPS) is 10.9. The minimum Gasteiger partial charge on any atom is -0.264 e. The molecule has 88 valence electrons. The third kappa shape index (κ3) is 2.55. The molecular weight excluding hydrogens is 253 g/mol. The number of hydrogen-bond acceptors (Lipinski definition) is 2. The van der Waals surface area contributed by atoms with E-state index >= 15 is 0 Å². The van der Waals surface area contributed by atoms with E-state index in [1.807, 2.05) is 0 Å². The molecule has 2 heterocycles. The maximum Gasteiger partial charge on any atom is 0.265 e. The minimum absolute atomic E-state index is 0.0486. The Kier molecular flexibility index (Phi) is 3.28. The van der Waals surface area contributed by atoms with E-state index in [9.17, 15) is 13.2 Å². The van der Waals surface area contributed by atoms with E-state index in [0.717, 1.165) is 18.5 Å². The lowest BCUT2D eigenvalue weighted by atomic mass is 10.1. The quantitative estimate of drug-likeness (QED) is 0.764. The first-order valence-electron chi connectivity index (χ1n) is 4.62. The van der Waals surface area contributed by atoms with Crippen LogP contribution in [0.4, 0.5) is 13.2 Å². The Hall–Kier alpha value is -1.62. The molecule has 0 amide bonds. The van der Waals surface area contributed by atoms with Crippen molar-refractivity contribution in [2.75, 3.05) is 0 Å². The standard InChI is InChI=1S/C11H6ClF3N2/c12-8-2-9(11(15)17-5-8)6-1-7(10(13)14)4-16-3-6/h1-5,10H. The van der Waals surface area contributed by atoms with Crippen molar-refractivity contribution >= 4 is 11.6 Å². The SMILES string of the molecule is Fc1ncc(Cl)cc1-c1cncc(C(F)F)c1. The van der Waals surface area contributed by atoms with Crippen molar-refractivity contribution in [3.8, 4) is 11.1 Å². The summed E-state index contributed by atoms with van der Waals surface area (Å²) in [6.07, 6.45) is 0.801. The fourth-order valence-corrected chi connectivity index (χ4v) is 1.51. The molecule has 0 radical (unpaired) electrons. The summed E-state index contributed by atoms with van der Waals surface area (Å²) in [5.74, 6) is -0.775. The molecular formula is C11H6ClF3N2. The number of nitrogens with zero attached hydrogens (tertiary/aromatic N) is 2. The van der Waals surface area contributed by atoms with E-state index in [0.29, 0.717) is 0 Å². The van der Waals surface area contributed by atoms with E-state index in [1.54, 1.807) is 0 Å². The molecule has 0 aliphatic rings. The highest BCUT2D eigenvalue weighted by atomic mass is 35.5. The van der Waals surface area contributed by atoms with Crippen LogP contribution in [-0.4, -0.2) is 9.97 Å². The molecule has 0 N–H and O–H groups in total. The second kappa shape index (κ2) is 4.71. The van der Waals surface area contributed by atoms with Crippen LogP contribution in [0.25, 0.3) is 11.1 Å². The largest absolute Gasteiger partial charge is 0.265 e. The van der Waals surface area contributed by atoms with Crippen LogP contribution in [0.5, 0.6) is 0 Å². The van der Waals surface area contributed by atoms with Gasteiger partial charge in [0.25, 0.3) is 6.43 Å². The number of pyridine rings is 2. The van der Waals surface area contributed by atoms with Gasteiger partial charge in [-0.05, 0) is 12.1 Å². The highest BCUT2D eigenvalue weighted by Crippen LogP contribution is 2.27. The Bertz CT molecular complexity index is 546.